The molecular weight excluding hydrogens is 598 g/mol. The average molecular weight is 618 g/mol. The first-order chi connectivity index (χ1) is 20.4. The zero-order valence-electron chi connectivity index (χ0n) is 21.7. The van der Waals surface area contributed by atoms with Gasteiger partial charge in [0.25, 0.3) is 5.91 Å². The number of para-hydroxylation sites is 1. The van der Waals surface area contributed by atoms with Crippen LogP contribution in [0.3, 0.4) is 0 Å². The molecule has 0 spiro atoms. The average Bonchev–Trinajstić information content (AvgIpc) is 3.55. The van der Waals surface area contributed by atoms with E-state index in [4.69, 9.17) is 11.6 Å². The van der Waals surface area contributed by atoms with E-state index in [0.29, 0.717) is 9.59 Å². The van der Waals surface area contributed by atoms with Gasteiger partial charge in [0, 0.05) is 16.7 Å². The van der Waals surface area contributed by atoms with Gasteiger partial charge in [0.2, 0.25) is 0 Å². The number of phenols is 1. The first kappa shape index (κ1) is 29.5. The number of aromatic hydroxyl groups is 1. The normalized spacial score (nSPS) is 12.3. The van der Waals surface area contributed by atoms with E-state index in [9.17, 15) is 37.4 Å². The minimum absolute atomic E-state index is 0.0252. The maximum atomic E-state index is 13.3. The number of nitrogens with zero attached hydrogens (tertiary/aromatic N) is 6. The lowest BCUT2D eigenvalue weighted by Crippen LogP contribution is -2.37. The molecule has 43 heavy (non-hydrogen) atoms. The first-order valence-corrected chi connectivity index (χ1v) is 12.8. The maximum Gasteiger partial charge on any atom is 0.416 e. The van der Waals surface area contributed by atoms with Gasteiger partial charge in [-0.15, -0.1) is 10.2 Å². The van der Waals surface area contributed by atoms with Crippen LogP contribution in [0.15, 0.2) is 77.9 Å². The van der Waals surface area contributed by atoms with Gasteiger partial charge in [0.05, 0.1) is 23.5 Å². The van der Waals surface area contributed by atoms with Crippen LogP contribution >= 0.6 is 11.6 Å². The molecule has 5 aromatic rings. The summed E-state index contributed by atoms with van der Waals surface area (Å²) in [5.74, 6) is -1.93. The summed E-state index contributed by atoms with van der Waals surface area (Å²) in [5, 5.41) is 30.9. The predicted molar refractivity (Wildman–Crippen MR) is 145 cm³/mol. The number of hydrogen-bond donors (Lipinski definition) is 3. The third-order valence-electron chi connectivity index (χ3n) is 6.19. The highest BCUT2D eigenvalue weighted by atomic mass is 35.5. The summed E-state index contributed by atoms with van der Waals surface area (Å²) in [4.78, 5) is 30.3. The van der Waals surface area contributed by atoms with Gasteiger partial charge in [-0.1, -0.05) is 23.7 Å². The van der Waals surface area contributed by atoms with E-state index in [1.807, 2.05) is 0 Å². The number of rotatable bonds is 8. The highest BCUT2D eigenvalue weighted by molar-refractivity contribution is 6.30. The van der Waals surface area contributed by atoms with Gasteiger partial charge in [0.15, 0.2) is 17.8 Å². The molecule has 0 aliphatic heterocycles. The second-order valence-corrected chi connectivity index (χ2v) is 9.61. The predicted octanol–water partition coefficient (Wildman–Crippen LogP) is 4.01. The maximum absolute atomic E-state index is 13.3. The van der Waals surface area contributed by atoms with Crippen molar-refractivity contribution in [3.05, 3.63) is 106 Å². The molecule has 1 amide bonds. The number of phenolic OH excluding ortho intramolecular Hbond substituents is 1. The van der Waals surface area contributed by atoms with E-state index in [1.54, 1.807) is 18.2 Å². The Kier molecular flexibility index (Phi) is 8.02. The minimum Gasteiger partial charge on any atom is -0.506 e. The smallest absolute Gasteiger partial charge is 0.416 e. The highest BCUT2D eigenvalue weighted by Gasteiger charge is 2.39. The van der Waals surface area contributed by atoms with Gasteiger partial charge >= 0.3 is 11.9 Å². The van der Waals surface area contributed by atoms with Crippen LogP contribution in [0.2, 0.25) is 5.02 Å². The van der Waals surface area contributed by atoms with Gasteiger partial charge < -0.3 is 15.5 Å². The van der Waals surface area contributed by atoms with Crippen molar-refractivity contribution in [3.8, 4) is 22.8 Å². The Hall–Kier alpha value is -5.02. The van der Waals surface area contributed by atoms with Gasteiger partial charge in [-0.3, -0.25) is 9.36 Å². The standard InChI is InChI=1S/C27H20ClF4N7O4/c28-16-7-5-15(6-8-16)24-36-38(26(43)37(24)12-22(41)27(30,31)32)13-23-33-14-39(35-23)20-4-2-1-3-18(20)25(42)34-19-10-9-17(29)11-21(19)40/h1-11,14,22,40-41H,12-13H2,(H,34,42). The Morgan fingerprint density at radius 2 is 1.77 bits per heavy atom. The number of hydrogen-bond acceptors (Lipinski definition) is 7. The largest absolute Gasteiger partial charge is 0.506 e. The van der Waals surface area contributed by atoms with E-state index in [1.165, 1.54) is 47.4 Å². The Morgan fingerprint density at radius 1 is 1.05 bits per heavy atom. The molecule has 222 valence electrons. The molecule has 0 fully saturated rings. The molecular formula is C27H20ClF4N7O4. The lowest BCUT2D eigenvalue weighted by molar-refractivity contribution is -0.207. The number of nitrogens with one attached hydrogen (secondary N) is 1. The number of benzene rings is 3. The molecule has 16 heteroatoms. The minimum atomic E-state index is -4.98. The number of carbonyl (C=O) groups is 1. The van der Waals surface area contributed by atoms with Crippen LogP contribution in [0, 0.1) is 5.82 Å². The van der Waals surface area contributed by atoms with E-state index < -0.39 is 42.0 Å². The first-order valence-electron chi connectivity index (χ1n) is 12.4. The number of aliphatic hydroxyl groups excluding tert-OH is 1. The SMILES string of the molecule is O=C(Nc1ccc(F)cc1O)c1ccccc1-n1cnc(Cn2nc(-c3ccc(Cl)cc3)n(CC(O)C(F)(F)F)c2=O)n1. The van der Waals surface area contributed by atoms with Crippen LogP contribution in [0.1, 0.15) is 16.2 Å². The van der Waals surface area contributed by atoms with Crippen molar-refractivity contribution in [1.29, 1.82) is 0 Å². The fourth-order valence-corrected chi connectivity index (χ4v) is 4.21. The molecule has 0 aliphatic carbocycles. The second-order valence-electron chi connectivity index (χ2n) is 9.18. The van der Waals surface area contributed by atoms with Crippen molar-refractivity contribution in [1.82, 2.24) is 29.1 Å². The summed E-state index contributed by atoms with van der Waals surface area (Å²) >= 11 is 5.91. The van der Waals surface area contributed by atoms with Crippen LogP contribution in [0.5, 0.6) is 5.75 Å². The third kappa shape index (κ3) is 6.42. The molecule has 0 saturated carbocycles. The number of anilines is 1. The third-order valence-corrected chi connectivity index (χ3v) is 6.44. The highest BCUT2D eigenvalue weighted by Crippen LogP contribution is 2.26. The molecule has 0 radical (unpaired) electrons. The van der Waals surface area contributed by atoms with Crippen molar-refractivity contribution < 1.29 is 32.6 Å². The topological polar surface area (TPSA) is 140 Å². The van der Waals surface area contributed by atoms with E-state index >= 15 is 0 Å². The molecule has 1 unspecified atom stereocenters. The number of aliphatic hydroxyl groups is 1. The number of amides is 1. The zero-order valence-corrected chi connectivity index (χ0v) is 22.5. The van der Waals surface area contributed by atoms with Crippen LogP contribution in [0.4, 0.5) is 23.2 Å². The monoisotopic (exact) mass is 617 g/mol. The summed E-state index contributed by atoms with van der Waals surface area (Å²) in [6.07, 6.45) is -6.55. The number of carbonyl (C=O) groups excluding carboxylic acids is 1. The second kappa shape index (κ2) is 11.7. The molecule has 0 saturated heterocycles. The molecule has 5 rings (SSSR count). The quantitative estimate of drug-likeness (QED) is 0.177. The van der Waals surface area contributed by atoms with Gasteiger partial charge in [-0.25, -0.2) is 23.5 Å². The lowest BCUT2D eigenvalue weighted by atomic mass is 10.1. The van der Waals surface area contributed by atoms with Crippen LogP contribution in [-0.4, -0.2) is 57.5 Å². The zero-order chi connectivity index (χ0) is 30.9. The molecule has 3 aromatic carbocycles. The molecule has 11 nitrogen and oxygen atoms in total. The van der Waals surface area contributed by atoms with Crippen molar-refractivity contribution >= 4 is 23.2 Å². The van der Waals surface area contributed by atoms with Crippen LogP contribution in [-0.2, 0) is 13.1 Å². The van der Waals surface area contributed by atoms with Crippen molar-refractivity contribution in [3.63, 3.8) is 0 Å². The Balaban J connectivity index is 1.44. The summed E-state index contributed by atoms with van der Waals surface area (Å²) in [5.41, 5.74) is -0.338. The van der Waals surface area contributed by atoms with Crippen LogP contribution < -0.4 is 11.0 Å². The summed E-state index contributed by atoms with van der Waals surface area (Å²) < 4.78 is 55.5. The van der Waals surface area contributed by atoms with Crippen molar-refractivity contribution in [2.75, 3.05) is 5.32 Å². The van der Waals surface area contributed by atoms with Gasteiger partial charge in [-0.2, -0.15) is 13.2 Å². The number of alkyl halides is 3. The van der Waals surface area contributed by atoms with Crippen molar-refractivity contribution in [2.24, 2.45) is 0 Å². The van der Waals surface area contributed by atoms with Crippen molar-refractivity contribution in [2.45, 2.75) is 25.4 Å². The van der Waals surface area contributed by atoms with E-state index in [-0.39, 0.29) is 40.7 Å². The molecule has 0 bridgehead atoms. The summed E-state index contributed by atoms with van der Waals surface area (Å²) in [6, 6.07) is 15.2. The summed E-state index contributed by atoms with van der Waals surface area (Å²) in [6.45, 7) is -1.46. The molecule has 2 aromatic heterocycles. The lowest BCUT2D eigenvalue weighted by Gasteiger charge is -2.15. The van der Waals surface area contributed by atoms with Gasteiger partial charge in [-0.05, 0) is 48.5 Å². The fourth-order valence-electron chi connectivity index (χ4n) is 4.08. The Labute approximate surface area is 244 Å². The van der Waals surface area contributed by atoms with E-state index in [2.05, 4.69) is 20.5 Å². The molecule has 0 aliphatic rings. The molecule has 3 N–H and O–H groups in total. The summed E-state index contributed by atoms with van der Waals surface area (Å²) in [7, 11) is 0. The van der Waals surface area contributed by atoms with Gasteiger partial charge in [0.1, 0.15) is 24.4 Å². The Bertz CT molecular complexity index is 1850. The number of halogens is 5. The van der Waals surface area contributed by atoms with Crippen LogP contribution in [0.25, 0.3) is 17.1 Å². The fraction of sp³-hybridized carbons (Fsp3) is 0.148. The molecule has 2 heterocycles. The Morgan fingerprint density at radius 3 is 2.47 bits per heavy atom. The molecule has 1 atom stereocenters. The van der Waals surface area contributed by atoms with E-state index in [0.717, 1.165) is 16.8 Å². The number of aromatic nitrogens is 6.